The van der Waals surface area contributed by atoms with Crippen molar-refractivity contribution in [2.75, 3.05) is 0 Å². The second-order valence-electron chi connectivity index (χ2n) is 5.29. The fourth-order valence-electron chi connectivity index (χ4n) is 2.43. The first-order chi connectivity index (χ1) is 8.95. The van der Waals surface area contributed by atoms with Crippen molar-refractivity contribution in [1.29, 1.82) is 0 Å². The van der Waals surface area contributed by atoms with E-state index >= 15 is 0 Å². The summed E-state index contributed by atoms with van der Waals surface area (Å²) in [6.07, 6.45) is 3.47. The fourth-order valence-corrected chi connectivity index (χ4v) is 2.43. The van der Waals surface area contributed by atoms with Gasteiger partial charge in [-0.25, -0.2) is 4.39 Å². The lowest BCUT2D eigenvalue weighted by Crippen LogP contribution is -2.33. The zero-order valence-corrected chi connectivity index (χ0v) is 12.0. The van der Waals surface area contributed by atoms with Crippen LogP contribution in [0.2, 0.25) is 0 Å². The monoisotopic (exact) mass is 266 g/mol. The Kier molecular flexibility index (Phi) is 5.52. The minimum atomic E-state index is -0.771. The third kappa shape index (κ3) is 3.79. The van der Waals surface area contributed by atoms with Crippen molar-refractivity contribution in [3.8, 4) is 0 Å². The zero-order valence-electron chi connectivity index (χ0n) is 12.0. The predicted octanol–water partition coefficient (Wildman–Crippen LogP) is 4.35. The number of aliphatic carboxylic acids is 1. The number of carboxylic acids is 1. The molecule has 0 aromatic heterocycles. The Labute approximate surface area is 114 Å². The maximum atomic E-state index is 13.3. The molecule has 0 aliphatic rings. The van der Waals surface area contributed by atoms with Gasteiger partial charge in [-0.2, -0.15) is 0 Å². The summed E-state index contributed by atoms with van der Waals surface area (Å²) in [5, 5.41) is 9.58. The summed E-state index contributed by atoms with van der Waals surface area (Å²) in [7, 11) is 0. The standard InChI is InChI=1S/C16H23FO2/c1-4-6-9-16(5-2,15(18)19)11-13-10-14(17)8-7-12(13)3/h7-8,10H,4-6,9,11H2,1-3H3,(H,18,19). The SMILES string of the molecule is CCCCC(CC)(Cc1cc(F)ccc1C)C(=O)O. The Morgan fingerprint density at radius 1 is 1.37 bits per heavy atom. The number of hydrogen-bond acceptors (Lipinski definition) is 1. The van der Waals surface area contributed by atoms with E-state index < -0.39 is 11.4 Å². The van der Waals surface area contributed by atoms with E-state index in [0.29, 0.717) is 19.3 Å². The molecular weight excluding hydrogens is 243 g/mol. The molecule has 0 aliphatic carbocycles. The van der Waals surface area contributed by atoms with Crippen molar-refractivity contribution in [3.63, 3.8) is 0 Å². The van der Waals surface area contributed by atoms with Crippen molar-refractivity contribution in [2.45, 2.75) is 52.9 Å². The molecule has 3 heteroatoms. The molecule has 0 heterocycles. The molecule has 2 nitrogen and oxygen atoms in total. The molecule has 0 fully saturated rings. The fraction of sp³-hybridized carbons (Fsp3) is 0.562. The Morgan fingerprint density at radius 2 is 2.05 bits per heavy atom. The van der Waals surface area contributed by atoms with Crippen LogP contribution in [0.1, 0.15) is 50.7 Å². The molecule has 0 aliphatic heterocycles. The molecule has 1 N–H and O–H groups in total. The third-order valence-electron chi connectivity index (χ3n) is 3.98. The number of rotatable bonds is 7. The molecular formula is C16H23FO2. The number of aryl methyl sites for hydroxylation is 1. The molecule has 1 aromatic rings. The first-order valence-electron chi connectivity index (χ1n) is 6.93. The number of carboxylic acid groups (broad SMARTS) is 1. The highest BCUT2D eigenvalue weighted by molar-refractivity contribution is 5.75. The summed E-state index contributed by atoms with van der Waals surface area (Å²) >= 11 is 0. The summed E-state index contributed by atoms with van der Waals surface area (Å²) in [6.45, 7) is 5.85. The second kappa shape index (κ2) is 6.69. The molecule has 0 radical (unpaired) electrons. The van der Waals surface area contributed by atoms with Gasteiger partial charge in [0.15, 0.2) is 0 Å². The lowest BCUT2D eigenvalue weighted by atomic mass is 9.74. The second-order valence-corrected chi connectivity index (χ2v) is 5.29. The summed E-state index contributed by atoms with van der Waals surface area (Å²) in [5.41, 5.74) is 0.992. The summed E-state index contributed by atoms with van der Waals surface area (Å²) in [6, 6.07) is 4.60. The Bertz CT molecular complexity index is 442. The third-order valence-corrected chi connectivity index (χ3v) is 3.98. The summed E-state index contributed by atoms with van der Waals surface area (Å²) < 4.78 is 13.3. The Morgan fingerprint density at radius 3 is 2.58 bits per heavy atom. The van der Waals surface area contributed by atoms with Gasteiger partial charge in [-0.15, -0.1) is 0 Å². The van der Waals surface area contributed by atoms with Gasteiger partial charge in [-0.3, -0.25) is 4.79 Å². The maximum Gasteiger partial charge on any atom is 0.309 e. The lowest BCUT2D eigenvalue weighted by Gasteiger charge is -2.29. The number of unbranched alkanes of at least 4 members (excludes halogenated alkanes) is 1. The van der Waals surface area contributed by atoms with Crippen molar-refractivity contribution in [2.24, 2.45) is 5.41 Å². The van der Waals surface area contributed by atoms with Crippen LogP contribution in [0.5, 0.6) is 0 Å². The number of carbonyl (C=O) groups is 1. The average molecular weight is 266 g/mol. The molecule has 1 atom stereocenters. The van der Waals surface area contributed by atoms with Gasteiger partial charge in [-0.05, 0) is 49.4 Å². The van der Waals surface area contributed by atoms with Crippen LogP contribution in [-0.2, 0) is 11.2 Å². The summed E-state index contributed by atoms with van der Waals surface area (Å²) in [5.74, 6) is -1.07. The highest BCUT2D eigenvalue weighted by atomic mass is 19.1. The van der Waals surface area contributed by atoms with Crippen LogP contribution in [0.3, 0.4) is 0 Å². The lowest BCUT2D eigenvalue weighted by molar-refractivity contribution is -0.149. The average Bonchev–Trinajstić information content (AvgIpc) is 2.38. The first kappa shape index (κ1) is 15.7. The number of benzene rings is 1. The smallest absolute Gasteiger partial charge is 0.309 e. The van der Waals surface area contributed by atoms with E-state index in [1.165, 1.54) is 12.1 Å². The van der Waals surface area contributed by atoms with E-state index in [1.807, 2.05) is 13.8 Å². The minimum absolute atomic E-state index is 0.300. The van der Waals surface area contributed by atoms with Crippen LogP contribution >= 0.6 is 0 Å². The van der Waals surface area contributed by atoms with Crippen molar-refractivity contribution in [3.05, 3.63) is 35.1 Å². The minimum Gasteiger partial charge on any atom is -0.481 e. The summed E-state index contributed by atoms with van der Waals surface area (Å²) in [4.78, 5) is 11.7. The molecule has 1 unspecified atom stereocenters. The molecule has 0 spiro atoms. The molecule has 106 valence electrons. The highest BCUT2D eigenvalue weighted by Crippen LogP contribution is 2.34. The largest absolute Gasteiger partial charge is 0.481 e. The van der Waals surface area contributed by atoms with Crippen LogP contribution in [0.4, 0.5) is 4.39 Å². The molecule has 0 amide bonds. The van der Waals surface area contributed by atoms with E-state index in [9.17, 15) is 14.3 Å². The van der Waals surface area contributed by atoms with Gasteiger partial charge in [0, 0.05) is 0 Å². The normalized spacial score (nSPS) is 14.1. The molecule has 0 saturated heterocycles. The van der Waals surface area contributed by atoms with Crippen LogP contribution in [0, 0.1) is 18.2 Å². The van der Waals surface area contributed by atoms with E-state index in [1.54, 1.807) is 6.07 Å². The maximum absolute atomic E-state index is 13.3. The van der Waals surface area contributed by atoms with Gasteiger partial charge in [0.25, 0.3) is 0 Å². The van der Waals surface area contributed by atoms with Gasteiger partial charge in [0.05, 0.1) is 5.41 Å². The Hall–Kier alpha value is -1.38. The zero-order chi connectivity index (χ0) is 14.5. The van der Waals surface area contributed by atoms with Gasteiger partial charge in [0.2, 0.25) is 0 Å². The topological polar surface area (TPSA) is 37.3 Å². The van der Waals surface area contributed by atoms with Crippen LogP contribution in [0.25, 0.3) is 0 Å². The molecule has 1 rings (SSSR count). The van der Waals surface area contributed by atoms with Gasteiger partial charge in [-0.1, -0.05) is 32.8 Å². The quantitative estimate of drug-likeness (QED) is 0.796. The first-order valence-corrected chi connectivity index (χ1v) is 6.93. The van der Waals surface area contributed by atoms with E-state index in [-0.39, 0.29) is 5.82 Å². The molecule has 1 aromatic carbocycles. The van der Waals surface area contributed by atoms with Gasteiger partial charge < -0.3 is 5.11 Å². The van der Waals surface area contributed by atoms with Crippen LogP contribution < -0.4 is 0 Å². The van der Waals surface area contributed by atoms with Gasteiger partial charge in [0.1, 0.15) is 5.82 Å². The van der Waals surface area contributed by atoms with Crippen LogP contribution in [0.15, 0.2) is 18.2 Å². The van der Waals surface area contributed by atoms with E-state index in [2.05, 4.69) is 6.92 Å². The van der Waals surface area contributed by atoms with E-state index in [0.717, 1.165) is 24.0 Å². The van der Waals surface area contributed by atoms with Gasteiger partial charge >= 0.3 is 5.97 Å². The van der Waals surface area contributed by atoms with Crippen molar-refractivity contribution < 1.29 is 14.3 Å². The van der Waals surface area contributed by atoms with E-state index in [4.69, 9.17) is 0 Å². The Balaban J connectivity index is 3.05. The predicted molar refractivity (Wildman–Crippen MR) is 74.7 cm³/mol. The molecule has 0 bridgehead atoms. The molecule has 0 saturated carbocycles. The van der Waals surface area contributed by atoms with Crippen LogP contribution in [-0.4, -0.2) is 11.1 Å². The number of halogens is 1. The molecule has 19 heavy (non-hydrogen) atoms. The van der Waals surface area contributed by atoms with Crippen molar-refractivity contribution in [1.82, 2.24) is 0 Å². The highest BCUT2D eigenvalue weighted by Gasteiger charge is 2.36. The van der Waals surface area contributed by atoms with Crippen molar-refractivity contribution >= 4 is 5.97 Å². The number of hydrogen-bond donors (Lipinski definition) is 1.